The van der Waals surface area contributed by atoms with Crippen molar-refractivity contribution >= 4 is 15.9 Å². The van der Waals surface area contributed by atoms with Crippen molar-refractivity contribution in [3.05, 3.63) is 64.1 Å². The molecule has 106 valence electrons. The van der Waals surface area contributed by atoms with Gasteiger partial charge in [0.15, 0.2) is 0 Å². The van der Waals surface area contributed by atoms with Gasteiger partial charge in [-0.05, 0) is 23.3 Å². The van der Waals surface area contributed by atoms with E-state index in [2.05, 4.69) is 21.2 Å². The number of hydrogen-bond acceptors (Lipinski definition) is 3. The molecule has 2 N–H and O–H groups in total. The Hall–Kier alpha value is -1.36. The van der Waals surface area contributed by atoms with Crippen LogP contribution in [-0.4, -0.2) is 18.8 Å². The highest BCUT2D eigenvalue weighted by Crippen LogP contribution is 2.23. The van der Waals surface area contributed by atoms with E-state index in [1.54, 1.807) is 7.11 Å². The van der Waals surface area contributed by atoms with Crippen molar-refractivity contribution in [2.45, 2.75) is 12.6 Å². The van der Waals surface area contributed by atoms with E-state index in [0.29, 0.717) is 6.54 Å². The lowest BCUT2D eigenvalue weighted by molar-refractivity contribution is 0.243. The second-order valence-corrected chi connectivity index (χ2v) is 5.34. The van der Waals surface area contributed by atoms with Crippen molar-refractivity contribution in [1.29, 1.82) is 0 Å². The molecule has 2 aromatic carbocycles. The Bertz CT molecular complexity index is 545. The summed E-state index contributed by atoms with van der Waals surface area (Å²) in [6, 6.07) is 15.8. The SMILES string of the molecule is COc1ccc(CNC(CO)c2ccccc2)c(Br)c1. The molecular weight excluding hydrogens is 318 g/mol. The smallest absolute Gasteiger partial charge is 0.120 e. The quantitative estimate of drug-likeness (QED) is 0.851. The van der Waals surface area contributed by atoms with Crippen molar-refractivity contribution in [3.8, 4) is 5.75 Å². The van der Waals surface area contributed by atoms with Gasteiger partial charge in [0.1, 0.15) is 5.75 Å². The molecule has 0 aromatic heterocycles. The zero-order valence-electron chi connectivity index (χ0n) is 11.3. The molecule has 0 aliphatic carbocycles. The molecule has 20 heavy (non-hydrogen) atoms. The number of methoxy groups -OCH3 is 1. The number of ether oxygens (including phenoxy) is 1. The van der Waals surface area contributed by atoms with E-state index in [1.807, 2.05) is 48.5 Å². The van der Waals surface area contributed by atoms with Crippen LogP contribution in [0.4, 0.5) is 0 Å². The zero-order chi connectivity index (χ0) is 14.4. The molecule has 0 fully saturated rings. The lowest BCUT2D eigenvalue weighted by atomic mass is 10.1. The van der Waals surface area contributed by atoms with Crippen molar-refractivity contribution in [1.82, 2.24) is 5.32 Å². The van der Waals surface area contributed by atoms with Crippen LogP contribution in [0, 0.1) is 0 Å². The van der Waals surface area contributed by atoms with E-state index in [1.165, 1.54) is 0 Å². The standard InChI is InChI=1S/C16H18BrNO2/c1-20-14-8-7-13(15(17)9-14)10-18-16(11-19)12-5-3-2-4-6-12/h2-9,16,18-19H,10-11H2,1H3. The van der Waals surface area contributed by atoms with Crippen molar-refractivity contribution < 1.29 is 9.84 Å². The van der Waals surface area contributed by atoms with Crippen LogP contribution in [0.25, 0.3) is 0 Å². The van der Waals surface area contributed by atoms with Gasteiger partial charge in [-0.2, -0.15) is 0 Å². The molecule has 0 aliphatic heterocycles. The lowest BCUT2D eigenvalue weighted by Gasteiger charge is -2.17. The van der Waals surface area contributed by atoms with Crippen molar-refractivity contribution in [2.75, 3.05) is 13.7 Å². The summed E-state index contributed by atoms with van der Waals surface area (Å²) in [6.07, 6.45) is 0. The molecule has 2 aromatic rings. The molecule has 3 nitrogen and oxygen atoms in total. The minimum absolute atomic E-state index is 0.0646. The summed E-state index contributed by atoms with van der Waals surface area (Å²) in [6.45, 7) is 0.739. The highest BCUT2D eigenvalue weighted by Gasteiger charge is 2.10. The highest BCUT2D eigenvalue weighted by molar-refractivity contribution is 9.10. The Labute approximate surface area is 127 Å². The Balaban J connectivity index is 2.03. The topological polar surface area (TPSA) is 41.5 Å². The molecule has 1 unspecified atom stereocenters. The van der Waals surface area contributed by atoms with E-state index in [9.17, 15) is 5.11 Å². The third-order valence-electron chi connectivity index (χ3n) is 3.18. The first-order valence-corrected chi connectivity index (χ1v) is 7.25. The minimum Gasteiger partial charge on any atom is -0.497 e. The zero-order valence-corrected chi connectivity index (χ0v) is 12.9. The molecule has 4 heteroatoms. The second-order valence-electron chi connectivity index (χ2n) is 4.48. The first-order chi connectivity index (χ1) is 9.74. The maximum absolute atomic E-state index is 9.51. The van der Waals surface area contributed by atoms with Gasteiger partial charge in [-0.3, -0.25) is 0 Å². The Morgan fingerprint density at radius 3 is 2.55 bits per heavy atom. The summed E-state index contributed by atoms with van der Waals surface area (Å²) in [5.74, 6) is 0.822. The molecular formula is C16H18BrNO2. The van der Waals surface area contributed by atoms with Gasteiger partial charge in [0.25, 0.3) is 0 Å². The lowest BCUT2D eigenvalue weighted by Crippen LogP contribution is -2.24. The summed E-state index contributed by atoms with van der Waals surface area (Å²) in [5, 5.41) is 12.9. The van der Waals surface area contributed by atoms with E-state index in [4.69, 9.17) is 4.74 Å². The number of halogens is 1. The van der Waals surface area contributed by atoms with Gasteiger partial charge in [0.05, 0.1) is 19.8 Å². The van der Waals surface area contributed by atoms with Gasteiger partial charge < -0.3 is 15.2 Å². The predicted molar refractivity (Wildman–Crippen MR) is 83.8 cm³/mol. The van der Waals surface area contributed by atoms with Gasteiger partial charge >= 0.3 is 0 Å². The molecule has 0 radical (unpaired) electrons. The summed E-state index contributed by atoms with van der Waals surface area (Å²) >= 11 is 3.53. The van der Waals surface area contributed by atoms with Crippen LogP contribution < -0.4 is 10.1 Å². The maximum Gasteiger partial charge on any atom is 0.120 e. The molecule has 0 saturated carbocycles. The Morgan fingerprint density at radius 2 is 1.95 bits per heavy atom. The fourth-order valence-electron chi connectivity index (χ4n) is 2.00. The first kappa shape index (κ1) is 15.0. The summed E-state index contributed by atoms with van der Waals surface area (Å²) < 4.78 is 6.17. The van der Waals surface area contributed by atoms with E-state index in [0.717, 1.165) is 21.3 Å². The van der Waals surface area contributed by atoms with Gasteiger partial charge in [0.2, 0.25) is 0 Å². The Morgan fingerprint density at radius 1 is 1.20 bits per heavy atom. The highest BCUT2D eigenvalue weighted by atomic mass is 79.9. The van der Waals surface area contributed by atoms with Crippen LogP contribution in [-0.2, 0) is 6.54 Å². The monoisotopic (exact) mass is 335 g/mol. The molecule has 1 atom stereocenters. The number of aliphatic hydroxyl groups is 1. The van der Waals surface area contributed by atoms with Crippen LogP contribution in [0.1, 0.15) is 17.2 Å². The first-order valence-electron chi connectivity index (χ1n) is 6.46. The molecule has 0 amide bonds. The average Bonchev–Trinajstić information content (AvgIpc) is 2.50. The van der Waals surface area contributed by atoms with Crippen LogP contribution in [0.5, 0.6) is 5.75 Å². The Kier molecular flexibility index (Phi) is 5.59. The maximum atomic E-state index is 9.51. The predicted octanol–water partition coefficient (Wildman–Crippen LogP) is 3.28. The number of hydrogen-bond donors (Lipinski definition) is 2. The van der Waals surface area contributed by atoms with Gasteiger partial charge in [-0.15, -0.1) is 0 Å². The van der Waals surface area contributed by atoms with E-state index in [-0.39, 0.29) is 12.6 Å². The normalized spacial score (nSPS) is 12.2. The van der Waals surface area contributed by atoms with Gasteiger partial charge in [-0.1, -0.05) is 52.3 Å². The molecule has 0 spiro atoms. The van der Waals surface area contributed by atoms with Crippen LogP contribution >= 0.6 is 15.9 Å². The molecule has 0 bridgehead atoms. The second kappa shape index (κ2) is 7.43. The summed E-state index contributed by atoms with van der Waals surface area (Å²) in [4.78, 5) is 0. The number of aliphatic hydroxyl groups excluding tert-OH is 1. The van der Waals surface area contributed by atoms with Crippen molar-refractivity contribution in [3.63, 3.8) is 0 Å². The molecule has 0 saturated heterocycles. The third-order valence-corrected chi connectivity index (χ3v) is 3.92. The number of nitrogens with one attached hydrogen (secondary N) is 1. The fraction of sp³-hybridized carbons (Fsp3) is 0.250. The average molecular weight is 336 g/mol. The van der Waals surface area contributed by atoms with Crippen LogP contribution in [0.15, 0.2) is 53.0 Å². The van der Waals surface area contributed by atoms with Crippen LogP contribution in [0.2, 0.25) is 0 Å². The fourth-order valence-corrected chi connectivity index (χ4v) is 2.50. The number of rotatable bonds is 6. The van der Waals surface area contributed by atoms with Crippen LogP contribution in [0.3, 0.4) is 0 Å². The minimum atomic E-state index is -0.0646. The van der Waals surface area contributed by atoms with Gasteiger partial charge in [0, 0.05) is 11.0 Å². The van der Waals surface area contributed by atoms with E-state index >= 15 is 0 Å². The number of benzene rings is 2. The summed E-state index contributed by atoms with van der Waals surface area (Å²) in [7, 11) is 1.65. The largest absolute Gasteiger partial charge is 0.497 e. The van der Waals surface area contributed by atoms with Crippen molar-refractivity contribution in [2.24, 2.45) is 0 Å². The van der Waals surface area contributed by atoms with Gasteiger partial charge in [-0.25, -0.2) is 0 Å². The summed E-state index contributed by atoms with van der Waals surface area (Å²) in [5.41, 5.74) is 2.21. The molecule has 0 aliphatic rings. The third kappa shape index (κ3) is 3.82. The molecule has 2 rings (SSSR count). The van der Waals surface area contributed by atoms with E-state index < -0.39 is 0 Å². The molecule has 0 heterocycles.